The van der Waals surface area contributed by atoms with Crippen LogP contribution in [-0.2, 0) is 6.42 Å². The first-order chi connectivity index (χ1) is 9.81. The van der Waals surface area contributed by atoms with Gasteiger partial charge in [-0.05, 0) is 48.4 Å². The molecule has 2 unspecified atom stereocenters. The van der Waals surface area contributed by atoms with Gasteiger partial charge in [0.15, 0.2) is 0 Å². The van der Waals surface area contributed by atoms with Gasteiger partial charge in [0.2, 0.25) is 0 Å². The Hall–Kier alpha value is -1.52. The van der Waals surface area contributed by atoms with Gasteiger partial charge in [0, 0.05) is 22.5 Å². The van der Waals surface area contributed by atoms with Crippen molar-refractivity contribution in [2.24, 2.45) is 0 Å². The first kappa shape index (κ1) is 12.2. The van der Waals surface area contributed by atoms with Gasteiger partial charge >= 0.3 is 0 Å². The van der Waals surface area contributed by atoms with Crippen molar-refractivity contribution in [3.63, 3.8) is 0 Å². The molecule has 2 aromatic rings. The molecule has 2 heterocycles. The summed E-state index contributed by atoms with van der Waals surface area (Å²) in [6, 6.07) is 8.31. The van der Waals surface area contributed by atoms with Crippen molar-refractivity contribution in [3.05, 3.63) is 45.6 Å². The maximum absolute atomic E-state index is 9.51. The molecule has 2 atom stereocenters. The second kappa shape index (κ2) is 4.79. The second-order valence-corrected chi connectivity index (χ2v) is 6.50. The molecule has 104 valence electrons. The van der Waals surface area contributed by atoms with E-state index < -0.39 is 0 Å². The number of hydrogen-bond donors (Lipinski definition) is 2. The van der Waals surface area contributed by atoms with E-state index in [2.05, 4.69) is 16.8 Å². The van der Waals surface area contributed by atoms with Crippen LogP contribution in [0.15, 0.2) is 29.6 Å². The predicted octanol–water partition coefficient (Wildman–Crippen LogP) is 3.55. The zero-order valence-electron chi connectivity index (χ0n) is 11.1. The molecule has 0 bridgehead atoms. The summed E-state index contributed by atoms with van der Waals surface area (Å²) in [6.07, 6.45) is 3.66. The van der Waals surface area contributed by atoms with Crippen molar-refractivity contribution in [3.8, 4) is 11.5 Å². The zero-order chi connectivity index (χ0) is 13.5. The fourth-order valence-corrected chi connectivity index (χ4v) is 4.23. The van der Waals surface area contributed by atoms with Gasteiger partial charge in [0.05, 0.1) is 6.04 Å². The fourth-order valence-electron chi connectivity index (χ4n) is 3.24. The minimum Gasteiger partial charge on any atom is -0.508 e. The quantitative estimate of drug-likeness (QED) is 0.887. The van der Waals surface area contributed by atoms with Crippen LogP contribution in [0.25, 0.3) is 0 Å². The van der Waals surface area contributed by atoms with Gasteiger partial charge in [0.25, 0.3) is 0 Å². The van der Waals surface area contributed by atoms with E-state index in [0.29, 0.717) is 12.6 Å². The summed E-state index contributed by atoms with van der Waals surface area (Å²) in [5, 5.41) is 15.4. The summed E-state index contributed by atoms with van der Waals surface area (Å²) in [4.78, 5) is 1.53. The van der Waals surface area contributed by atoms with Gasteiger partial charge in [0.1, 0.15) is 18.1 Å². The average Bonchev–Trinajstić information content (AvgIpc) is 3.06. The van der Waals surface area contributed by atoms with E-state index in [1.807, 2.05) is 17.4 Å². The lowest BCUT2D eigenvalue weighted by Crippen LogP contribution is -2.29. The molecule has 0 spiro atoms. The number of aromatic hydroxyl groups is 1. The fraction of sp³-hybridized carbons (Fsp3) is 0.375. The average molecular weight is 287 g/mol. The molecule has 1 aliphatic carbocycles. The number of nitrogens with one attached hydrogen (secondary N) is 1. The van der Waals surface area contributed by atoms with Crippen molar-refractivity contribution in [1.29, 1.82) is 0 Å². The van der Waals surface area contributed by atoms with Crippen molar-refractivity contribution in [2.45, 2.75) is 31.3 Å². The number of ether oxygens (including phenoxy) is 1. The van der Waals surface area contributed by atoms with Crippen LogP contribution in [0.5, 0.6) is 11.5 Å². The minimum absolute atomic E-state index is 0.224. The number of hydrogen-bond acceptors (Lipinski definition) is 4. The number of benzene rings is 1. The minimum atomic E-state index is 0.224. The van der Waals surface area contributed by atoms with Gasteiger partial charge in [-0.2, -0.15) is 0 Å². The highest BCUT2D eigenvalue weighted by Gasteiger charge is 2.29. The van der Waals surface area contributed by atoms with Crippen LogP contribution in [0.4, 0.5) is 0 Å². The molecule has 1 aliphatic heterocycles. The van der Waals surface area contributed by atoms with Crippen molar-refractivity contribution >= 4 is 11.3 Å². The Labute approximate surface area is 122 Å². The Bertz CT molecular complexity index is 637. The van der Waals surface area contributed by atoms with Crippen LogP contribution in [0, 0.1) is 0 Å². The lowest BCUT2D eigenvalue weighted by Gasteiger charge is -2.26. The summed E-state index contributed by atoms with van der Waals surface area (Å²) in [7, 11) is 0. The molecule has 0 radical (unpaired) electrons. The molecule has 4 rings (SSSR count). The van der Waals surface area contributed by atoms with Crippen LogP contribution in [0.3, 0.4) is 0 Å². The van der Waals surface area contributed by atoms with Crippen LogP contribution in [0.1, 0.15) is 40.9 Å². The molecular weight excluding hydrogens is 270 g/mol. The van der Waals surface area contributed by atoms with E-state index in [1.165, 1.54) is 29.7 Å². The summed E-state index contributed by atoms with van der Waals surface area (Å²) >= 11 is 1.87. The molecule has 20 heavy (non-hydrogen) atoms. The monoisotopic (exact) mass is 287 g/mol. The Morgan fingerprint density at radius 2 is 2.15 bits per heavy atom. The lowest BCUT2D eigenvalue weighted by atomic mass is 9.93. The summed E-state index contributed by atoms with van der Waals surface area (Å²) in [6.45, 7) is 0.648. The number of phenolic OH excluding ortho intramolecular Hbond substituents is 1. The zero-order valence-corrected chi connectivity index (χ0v) is 12.0. The van der Waals surface area contributed by atoms with E-state index in [1.54, 1.807) is 12.1 Å². The molecule has 2 N–H and O–H groups in total. The van der Waals surface area contributed by atoms with E-state index in [4.69, 9.17) is 4.74 Å². The number of rotatable bonds is 2. The molecule has 3 nitrogen and oxygen atoms in total. The molecule has 1 aromatic carbocycles. The molecule has 4 heteroatoms. The predicted molar refractivity (Wildman–Crippen MR) is 79.5 cm³/mol. The van der Waals surface area contributed by atoms with Crippen LogP contribution in [0.2, 0.25) is 0 Å². The standard InChI is InChI=1S/C16H17NO2S/c18-10-4-5-11-14(9-19-15(11)8-10)17-13-2-1-3-16-12(13)6-7-20-16/h4-8,13-14,17-18H,1-3,9H2. The van der Waals surface area contributed by atoms with Gasteiger partial charge in [-0.1, -0.05) is 0 Å². The van der Waals surface area contributed by atoms with Crippen molar-refractivity contribution < 1.29 is 9.84 Å². The molecule has 0 saturated carbocycles. The van der Waals surface area contributed by atoms with Crippen molar-refractivity contribution in [2.75, 3.05) is 6.61 Å². The van der Waals surface area contributed by atoms with Gasteiger partial charge in [-0.3, -0.25) is 0 Å². The van der Waals surface area contributed by atoms with E-state index in [-0.39, 0.29) is 11.8 Å². The van der Waals surface area contributed by atoms with Crippen LogP contribution < -0.4 is 10.1 Å². The molecule has 0 saturated heterocycles. The highest BCUT2D eigenvalue weighted by atomic mass is 32.1. The number of aryl methyl sites for hydroxylation is 1. The topological polar surface area (TPSA) is 41.5 Å². The highest BCUT2D eigenvalue weighted by molar-refractivity contribution is 7.10. The SMILES string of the molecule is Oc1ccc2c(c1)OCC2NC1CCCc2sccc21. The third-order valence-electron chi connectivity index (χ3n) is 4.23. The molecular formula is C16H17NO2S. The normalized spacial score (nSPS) is 24.0. The second-order valence-electron chi connectivity index (χ2n) is 5.50. The van der Waals surface area contributed by atoms with Gasteiger partial charge in [-0.25, -0.2) is 0 Å². The Balaban J connectivity index is 1.58. The van der Waals surface area contributed by atoms with E-state index in [0.717, 1.165) is 11.3 Å². The maximum Gasteiger partial charge on any atom is 0.127 e. The summed E-state index contributed by atoms with van der Waals surface area (Å²) in [5.41, 5.74) is 2.62. The first-order valence-electron chi connectivity index (χ1n) is 7.09. The number of thiophene rings is 1. The summed E-state index contributed by atoms with van der Waals surface area (Å²) in [5.74, 6) is 1.08. The van der Waals surface area contributed by atoms with Gasteiger partial charge in [-0.15, -0.1) is 11.3 Å². The summed E-state index contributed by atoms with van der Waals surface area (Å²) < 4.78 is 5.68. The van der Waals surface area contributed by atoms with Crippen LogP contribution >= 0.6 is 11.3 Å². The maximum atomic E-state index is 9.51. The Morgan fingerprint density at radius 3 is 3.10 bits per heavy atom. The van der Waals surface area contributed by atoms with Crippen molar-refractivity contribution in [1.82, 2.24) is 5.32 Å². The molecule has 2 aliphatic rings. The highest BCUT2D eigenvalue weighted by Crippen LogP contribution is 2.39. The van der Waals surface area contributed by atoms with E-state index >= 15 is 0 Å². The molecule has 1 aromatic heterocycles. The van der Waals surface area contributed by atoms with Gasteiger partial charge < -0.3 is 15.2 Å². The number of phenols is 1. The number of fused-ring (bicyclic) bond motifs is 2. The Morgan fingerprint density at radius 1 is 1.20 bits per heavy atom. The van der Waals surface area contributed by atoms with E-state index in [9.17, 15) is 5.11 Å². The smallest absolute Gasteiger partial charge is 0.127 e. The molecule has 0 amide bonds. The van der Waals surface area contributed by atoms with Crippen LogP contribution in [-0.4, -0.2) is 11.7 Å². The Kier molecular flexibility index (Phi) is 2.93. The third kappa shape index (κ3) is 2.00. The largest absolute Gasteiger partial charge is 0.508 e. The molecule has 0 fully saturated rings. The third-order valence-corrected chi connectivity index (χ3v) is 5.23. The lowest BCUT2D eigenvalue weighted by molar-refractivity contribution is 0.290. The first-order valence-corrected chi connectivity index (χ1v) is 7.97.